The maximum Gasteiger partial charge on any atom is 0.416 e. The number of aromatic hydroxyl groups is 1. The average molecular weight is 282 g/mol. The fraction of sp³-hybridized carbons (Fsp3) is 0.0714. The van der Waals surface area contributed by atoms with Gasteiger partial charge in [0.2, 0.25) is 0 Å². The molecule has 2 aromatic rings. The summed E-state index contributed by atoms with van der Waals surface area (Å²) in [6.07, 6.45) is -4.50. The summed E-state index contributed by atoms with van der Waals surface area (Å²) in [5.41, 5.74) is -0.887. The highest BCUT2D eigenvalue weighted by Gasteiger charge is 2.30. The third-order valence-electron chi connectivity index (χ3n) is 2.73. The van der Waals surface area contributed by atoms with Gasteiger partial charge in [-0.15, -0.1) is 0 Å². The molecule has 0 heterocycles. The van der Waals surface area contributed by atoms with Gasteiger partial charge in [-0.1, -0.05) is 12.1 Å². The van der Waals surface area contributed by atoms with E-state index >= 15 is 0 Å². The molecule has 0 unspecified atom stereocenters. The topological polar surface area (TPSA) is 57.5 Å². The molecule has 2 aromatic carbocycles. The van der Waals surface area contributed by atoms with Gasteiger partial charge >= 0.3 is 12.1 Å². The van der Waals surface area contributed by atoms with Crippen molar-refractivity contribution in [3.05, 3.63) is 53.6 Å². The molecule has 0 saturated heterocycles. The second-order valence-electron chi connectivity index (χ2n) is 4.11. The van der Waals surface area contributed by atoms with Crippen molar-refractivity contribution in [3.63, 3.8) is 0 Å². The van der Waals surface area contributed by atoms with Crippen LogP contribution in [0.15, 0.2) is 42.5 Å². The molecule has 0 amide bonds. The van der Waals surface area contributed by atoms with Crippen molar-refractivity contribution in [1.29, 1.82) is 0 Å². The molecular weight excluding hydrogens is 273 g/mol. The minimum atomic E-state index is -4.50. The number of carboxylic acids is 1. The molecule has 2 rings (SSSR count). The zero-order chi connectivity index (χ0) is 14.9. The Labute approximate surface area is 111 Å². The molecule has 0 radical (unpaired) electrons. The van der Waals surface area contributed by atoms with Crippen LogP contribution < -0.4 is 0 Å². The summed E-state index contributed by atoms with van der Waals surface area (Å²) in [6.45, 7) is 0. The Bertz CT molecular complexity index is 663. The number of alkyl halides is 3. The van der Waals surface area contributed by atoms with Gasteiger partial charge in [0.15, 0.2) is 0 Å². The van der Waals surface area contributed by atoms with Crippen LogP contribution in [0.5, 0.6) is 5.75 Å². The van der Waals surface area contributed by atoms with Crippen molar-refractivity contribution in [2.24, 2.45) is 0 Å². The van der Waals surface area contributed by atoms with Crippen molar-refractivity contribution in [2.45, 2.75) is 6.18 Å². The van der Waals surface area contributed by atoms with E-state index in [0.29, 0.717) is 0 Å². The normalized spacial score (nSPS) is 11.3. The molecule has 0 aliphatic rings. The Balaban J connectivity index is 2.60. The van der Waals surface area contributed by atoms with E-state index in [1.165, 1.54) is 24.3 Å². The number of benzene rings is 2. The first-order valence-electron chi connectivity index (χ1n) is 5.53. The molecule has 0 saturated carbocycles. The summed E-state index contributed by atoms with van der Waals surface area (Å²) >= 11 is 0. The zero-order valence-electron chi connectivity index (χ0n) is 9.98. The number of halogens is 3. The standard InChI is InChI=1S/C14H9F3O3/c15-14(16,17)9-3-1-2-8(6-9)11-5-4-10(18)7-12(11)13(19)20/h1-7,18H,(H,19,20). The summed E-state index contributed by atoms with van der Waals surface area (Å²) in [5.74, 6) is -1.59. The highest BCUT2D eigenvalue weighted by atomic mass is 19.4. The monoisotopic (exact) mass is 282 g/mol. The van der Waals surface area contributed by atoms with Crippen LogP contribution >= 0.6 is 0 Å². The molecule has 0 aliphatic heterocycles. The van der Waals surface area contributed by atoms with Gasteiger partial charge < -0.3 is 10.2 Å². The van der Waals surface area contributed by atoms with E-state index in [1.54, 1.807) is 0 Å². The SMILES string of the molecule is O=C(O)c1cc(O)ccc1-c1cccc(C(F)(F)F)c1. The van der Waals surface area contributed by atoms with Crippen LogP contribution in [0.25, 0.3) is 11.1 Å². The minimum Gasteiger partial charge on any atom is -0.508 e. The lowest BCUT2D eigenvalue weighted by Crippen LogP contribution is -2.05. The summed E-state index contributed by atoms with van der Waals surface area (Å²) in [4.78, 5) is 11.1. The highest BCUT2D eigenvalue weighted by molar-refractivity contribution is 5.96. The largest absolute Gasteiger partial charge is 0.508 e. The van der Waals surface area contributed by atoms with Gasteiger partial charge in [0.1, 0.15) is 5.75 Å². The number of aromatic carboxylic acids is 1. The Morgan fingerprint density at radius 2 is 1.75 bits per heavy atom. The van der Waals surface area contributed by atoms with Crippen LogP contribution in [-0.4, -0.2) is 16.2 Å². The van der Waals surface area contributed by atoms with Crippen molar-refractivity contribution < 1.29 is 28.2 Å². The lowest BCUT2D eigenvalue weighted by Gasteiger charge is -2.11. The van der Waals surface area contributed by atoms with Gasteiger partial charge in [0.05, 0.1) is 11.1 Å². The maximum atomic E-state index is 12.7. The number of carbonyl (C=O) groups is 1. The Morgan fingerprint density at radius 3 is 2.35 bits per heavy atom. The lowest BCUT2D eigenvalue weighted by atomic mass is 9.97. The predicted octanol–water partition coefficient (Wildman–Crippen LogP) is 3.78. The minimum absolute atomic E-state index is 0.112. The van der Waals surface area contributed by atoms with Crippen LogP contribution in [0.4, 0.5) is 13.2 Å². The maximum absolute atomic E-state index is 12.7. The molecular formula is C14H9F3O3. The molecule has 0 fully saturated rings. The highest BCUT2D eigenvalue weighted by Crippen LogP contribution is 2.33. The molecule has 0 aromatic heterocycles. The molecule has 104 valence electrons. The first kappa shape index (κ1) is 13.9. The van der Waals surface area contributed by atoms with Gasteiger partial charge in [-0.25, -0.2) is 4.79 Å². The molecule has 2 N–H and O–H groups in total. The number of phenols is 1. The van der Waals surface area contributed by atoms with Crippen LogP contribution in [0.1, 0.15) is 15.9 Å². The number of rotatable bonds is 2. The molecule has 6 heteroatoms. The first-order valence-corrected chi connectivity index (χ1v) is 5.53. The molecule has 0 bridgehead atoms. The summed E-state index contributed by atoms with van der Waals surface area (Å²) in [5, 5.41) is 18.3. The van der Waals surface area contributed by atoms with Crippen LogP contribution in [0.3, 0.4) is 0 Å². The van der Waals surface area contributed by atoms with E-state index in [0.717, 1.165) is 18.2 Å². The first-order chi connectivity index (χ1) is 9.29. The summed E-state index contributed by atoms with van der Waals surface area (Å²) in [7, 11) is 0. The van der Waals surface area contributed by atoms with E-state index in [4.69, 9.17) is 5.11 Å². The predicted molar refractivity (Wildman–Crippen MR) is 65.5 cm³/mol. The third kappa shape index (κ3) is 2.74. The number of hydrogen-bond donors (Lipinski definition) is 2. The number of phenolic OH excluding ortho intramolecular Hbond substituents is 1. The fourth-order valence-electron chi connectivity index (χ4n) is 1.82. The van der Waals surface area contributed by atoms with Crippen molar-refractivity contribution in [1.82, 2.24) is 0 Å². The van der Waals surface area contributed by atoms with E-state index in [-0.39, 0.29) is 22.4 Å². The van der Waals surface area contributed by atoms with Gasteiger partial charge in [0.25, 0.3) is 0 Å². The van der Waals surface area contributed by atoms with Gasteiger partial charge in [-0.3, -0.25) is 0 Å². The summed E-state index contributed by atoms with van der Waals surface area (Å²) in [6, 6.07) is 7.86. The van der Waals surface area contributed by atoms with Gasteiger partial charge in [-0.2, -0.15) is 13.2 Å². The van der Waals surface area contributed by atoms with E-state index in [1.807, 2.05) is 0 Å². The second kappa shape index (κ2) is 4.88. The van der Waals surface area contributed by atoms with E-state index < -0.39 is 17.7 Å². The van der Waals surface area contributed by atoms with Crippen molar-refractivity contribution in [2.75, 3.05) is 0 Å². The van der Waals surface area contributed by atoms with Crippen LogP contribution in [0.2, 0.25) is 0 Å². The lowest BCUT2D eigenvalue weighted by molar-refractivity contribution is -0.137. The molecule has 3 nitrogen and oxygen atoms in total. The average Bonchev–Trinajstić information content (AvgIpc) is 2.37. The Morgan fingerprint density at radius 1 is 1.05 bits per heavy atom. The fourth-order valence-corrected chi connectivity index (χ4v) is 1.82. The van der Waals surface area contributed by atoms with E-state index in [2.05, 4.69) is 0 Å². The van der Waals surface area contributed by atoms with Crippen LogP contribution in [-0.2, 0) is 6.18 Å². The van der Waals surface area contributed by atoms with Crippen molar-refractivity contribution >= 4 is 5.97 Å². The zero-order valence-corrected chi connectivity index (χ0v) is 9.98. The van der Waals surface area contributed by atoms with Crippen LogP contribution in [0, 0.1) is 0 Å². The Hall–Kier alpha value is -2.50. The number of hydrogen-bond acceptors (Lipinski definition) is 2. The second-order valence-corrected chi connectivity index (χ2v) is 4.11. The number of carboxylic acid groups (broad SMARTS) is 1. The quantitative estimate of drug-likeness (QED) is 0.881. The molecule has 0 spiro atoms. The van der Waals surface area contributed by atoms with Gasteiger partial charge in [-0.05, 0) is 41.5 Å². The van der Waals surface area contributed by atoms with Gasteiger partial charge in [0, 0.05) is 0 Å². The molecule has 0 atom stereocenters. The summed E-state index contributed by atoms with van der Waals surface area (Å²) < 4.78 is 38.0. The third-order valence-corrected chi connectivity index (χ3v) is 2.73. The molecule has 0 aliphatic carbocycles. The Kier molecular flexibility index (Phi) is 3.40. The smallest absolute Gasteiger partial charge is 0.416 e. The van der Waals surface area contributed by atoms with E-state index in [9.17, 15) is 23.1 Å². The van der Waals surface area contributed by atoms with Crippen molar-refractivity contribution in [3.8, 4) is 16.9 Å². The molecule has 20 heavy (non-hydrogen) atoms.